The maximum atomic E-state index is 11.7. The van der Waals surface area contributed by atoms with Crippen molar-refractivity contribution < 1.29 is 9.47 Å². The van der Waals surface area contributed by atoms with Crippen molar-refractivity contribution in [2.75, 3.05) is 26.1 Å². The van der Waals surface area contributed by atoms with Crippen molar-refractivity contribution in [3.05, 3.63) is 52.6 Å². The van der Waals surface area contributed by atoms with Gasteiger partial charge in [-0.1, -0.05) is 6.07 Å². The standard InChI is InChI=1S/C15H19N3O3/c1-20-9-8-18-11-13(6-7-15(18)19)16-10-12-4-3-5-14(17-12)21-2/h3-7,11,16H,8-10H2,1-2H3. The summed E-state index contributed by atoms with van der Waals surface area (Å²) in [5, 5.41) is 3.24. The molecule has 2 aromatic rings. The molecule has 0 spiro atoms. The Hall–Kier alpha value is -2.34. The minimum atomic E-state index is -0.0443. The van der Waals surface area contributed by atoms with E-state index in [1.165, 1.54) is 6.07 Å². The Kier molecular flexibility index (Phi) is 5.34. The van der Waals surface area contributed by atoms with E-state index < -0.39 is 0 Å². The summed E-state index contributed by atoms with van der Waals surface area (Å²) in [6.07, 6.45) is 1.78. The highest BCUT2D eigenvalue weighted by molar-refractivity contribution is 5.40. The SMILES string of the molecule is COCCn1cc(NCc2cccc(OC)n2)ccc1=O. The Morgan fingerprint density at radius 1 is 1.24 bits per heavy atom. The second-order valence-corrected chi connectivity index (χ2v) is 4.47. The number of aromatic nitrogens is 2. The van der Waals surface area contributed by atoms with Crippen LogP contribution in [0.3, 0.4) is 0 Å². The zero-order valence-corrected chi connectivity index (χ0v) is 12.2. The number of methoxy groups -OCH3 is 2. The molecule has 2 aromatic heterocycles. The summed E-state index contributed by atoms with van der Waals surface area (Å²) in [7, 11) is 3.20. The molecule has 21 heavy (non-hydrogen) atoms. The fourth-order valence-electron chi connectivity index (χ4n) is 1.86. The molecular formula is C15H19N3O3. The highest BCUT2D eigenvalue weighted by Crippen LogP contribution is 2.09. The van der Waals surface area contributed by atoms with Gasteiger partial charge >= 0.3 is 0 Å². The van der Waals surface area contributed by atoms with Crippen LogP contribution in [-0.2, 0) is 17.8 Å². The van der Waals surface area contributed by atoms with E-state index in [2.05, 4.69) is 10.3 Å². The van der Waals surface area contributed by atoms with Crippen LogP contribution in [0, 0.1) is 0 Å². The van der Waals surface area contributed by atoms with Gasteiger partial charge in [-0.05, 0) is 12.1 Å². The molecule has 2 rings (SSSR count). The summed E-state index contributed by atoms with van der Waals surface area (Å²) in [5.74, 6) is 0.583. The lowest BCUT2D eigenvalue weighted by atomic mass is 10.3. The molecule has 0 saturated heterocycles. The van der Waals surface area contributed by atoms with Crippen LogP contribution >= 0.6 is 0 Å². The molecule has 0 fully saturated rings. The number of pyridine rings is 2. The van der Waals surface area contributed by atoms with Gasteiger partial charge < -0.3 is 19.4 Å². The summed E-state index contributed by atoms with van der Waals surface area (Å²) in [4.78, 5) is 16.0. The lowest BCUT2D eigenvalue weighted by Crippen LogP contribution is -2.21. The number of ether oxygens (including phenoxy) is 2. The molecule has 0 unspecified atom stereocenters. The zero-order chi connectivity index (χ0) is 15.1. The van der Waals surface area contributed by atoms with Gasteiger partial charge in [0.05, 0.1) is 31.6 Å². The number of hydrogen-bond acceptors (Lipinski definition) is 5. The largest absolute Gasteiger partial charge is 0.481 e. The van der Waals surface area contributed by atoms with Crippen molar-refractivity contribution in [3.8, 4) is 5.88 Å². The number of rotatable bonds is 7. The van der Waals surface area contributed by atoms with E-state index in [-0.39, 0.29) is 5.56 Å². The smallest absolute Gasteiger partial charge is 0.250 e. The molecule has 0 amide bonds. The summed E-state index contributed by atoms with van der Waals surface area (Å²) in [6, 6.07) is 8.90. The first-order valence-corrected chi connectivity index (χ1v) is 6.66. The molecule has 0 aliphatic carbocycles. The summed E-state index contributed by atoms with van der Waals surface area (Å²) < 4.78 is 11.7. The van der Waals surface area contributed by atoms with Crippen LogP contribution in [0.2, 0.25) is 0 Å². The van der Waals surface area contributed by atoms with Crippen LogP contribution in [0.4, 0.5) is 5.69 Å². The van der Waals surface area contributed by atoms with Crippen LogP contribution in [-0.4, -0.2) is 30.4 Å². The Labute approximate surface area is 123 Å². The van der Waals surface area contributed by atoms with Gasteiger partial charge in [-0.25, -0.2) is 4.98 Å². The van der Waals surface area contributed by atoms with E-state index in [0.717, 1.165) is 11.4 Å². The van der Waals surface area contributed by atoms with Crippen molar-refractivity contribution in [1.82, 2.24) is 9.55 Å². The van der Waals surface area contributed by atoms with Crippen LogP contribution in [0.5, 0.6) is 5.88 Å². The zero-order valence-electron chi connectivity index (χ0n) is 12.2. The Morgan fingerprint density at radius 3 is 2.86 bits per heavy atom. The van der Waals surface area contributed by atoms with Gasteiger partial charge in [0, 0.05) is 32.0 Å². The Bertz CT molecular complexity index is 640. The van der Waals surface area contributed by atoms with Crippen molar-refractivity contribution in [2.24, 2.45) is 0 Å². The minimum Gasteiger partial charge on any atom is -0.481 e. The monoisotopic (exact) mass is 289 g/mol. The lowest BCUT2D eigenvalue weighted by molar-refractivity contribution is 0.186. The van der Waals surface area contributed by atoms with E-state index in [1.807, 2.05) is 12.1 Å². The van der Waals surface area contributed by atoms with Crippen molar-refractivity contribution >= 4 is 5.69 Å². The Morgan fingerprint density at radius 2 is 2.10 bits per heavy atom. The molecule has 1 N–H and O–H groups in total. The first kappa shape index (κ1) is 15.1. The first-order valence-electron chi connectivity index (χ1n) is 6.66. The van der Waals surface area contributed by atoms with Gasteiger partial charge in [-0.15, -0.1) is 0 Å². The third-order valence-electron chi connectivity index (χ3n) is 2.98. The molecule has 2 heterocycles. The maximum Gasteiger partial charge on any atom is 0.250 e. The minimum absolute atomic E-state index is 0.0443. The summed E-state index contributed by atoms with van der Waals surface area (Å²) in [5.41, 5.74) is 1.68. The molecule has 0 bridgehead atoms. The summed E-state index contributed by atoms with van der Waals surface area (Å²) >= 11 is 0. The molecule has 6 heteroatoms. The molecule has 0 radical (unpaired) electrons. The molecule has 0 aliphatic rings. The average molecular weight is 289 g/mol. The van der Waals surface area contributed by atoms with Gasteiger partial charge in [0.2, 0.25) is 5.88 Å². The molecule has 6 nitrogen and oxygen atoms in total. The predicted molar refractivity (Wildman–Crippen MR) is 80.7 cm³/mol. The van der Waals surface area contributed by atoms with Gasteiger partial charge in [0.1, 0.15) is 0 Å². The number of nitrogens with one attached hydrogen (secondary N) is 1. The van der Waals surface area contributed by atoms with Crippen molar-refractivity contribution in [2.45, 2.75) is 13.1 Å². The molecule has 0 aliphatic heterocycles. The normalized spacial score (nSPS) is 10.4. The van der Waals surface area contributed by atoms with E-state index >= 15 is 0 Å². The highest BCUT2D eigenvalue weighted by Gasteiger charge is 2.01. The lowest BCUT2D eigenvalue weighted by Gasteiger charge is -2.10. The molecule has 0 atom stereocenters. The van der Waals surface area contributed by atoms with E-state index in [0.29, 0.717) is 25.6 Å². The maximum absolute atomic E-state index is 11.7. The van der Waals surface area contributed by atoms with Crippen LogP contribution in [0.15, 0.2) is 41.3 Å². The molecular weight excluding hydrogens is 270 g/mol. The third kappa shape index (κ3) is 4.32. The van der Waals surface area contributed by atoms with Gasteiger partial charge in [-0.2, -0.15) is 0 Å². The highest BCUT2D eigenvalue weighted by atomic mass is 16.5. The van der Waals surface area contributed by atoms with Crippen LogP contribution < -0.4 is 15.6 Å². The van der Waals surface area contributed by atoms with Gasteiger partial charge in [0.15, 0.2) is 0 Å². The fraction of sp³-hybridized carbons (Fsp3) is 0.333. The topological polar surface area (TPSA) is 65.4 Å². The van der Waals surface area contributed by atoms with E-state index in [1.54, 1.807) is 37.1 Å². The second kappa shape index (κ2) is 7.44. The first-order chi connectivity index (χ1) is 10.2. The van der Waals surface area contributed by atoms with Crippen molar-refractivity contribution in [1.29, 1.82) is 0 Å². The second-order valence-electron chi connectivity index (χ2n) is 4.47. The third-order valence-corrected chi connectivity index (χ3v) is 2.98. The molecule has 112 valence electrons. The van der Waals surface area contributed by atoms with Crippen LogP contribution in [0.1, 0.15) is 5.69 Å². The number of nitrogens with zero attached hydrogens (tertiary/aromatic N) is 2. The molecule has 0 aromatic carbocycles. The van der Waals surface area contributed by atoms with Crippen molar-refractivity contribution in [3.63, 3.8) is 0 Å². The fourth-order valence-corrected chi connectivity index (χ4v) is 1.86. The van der Waals surface area contributed by atoms with Gasteiger partial charge in [0.25, 0.3) is 5.56 Å². The van der Waals surface area contributed by atoms with Gasteiger partial charge in [-0.3, -0.25) is 4.79 Å². The quantitative estimate of drug-likeness (QED) is 0.837. The number of anilines is 1. The Balaban J connectivity index is 2.03. The van der Waals surface area contributed by atoms with E-state index in [4.69, 9.17) is 9.47 Å². The summed E-state index contributed by atoms with van der Waals surface area (Å²) in [6.45, 7) is 1.59. The average Bonchev–Trinajstić information content (AvgIpc) is 2.53. The van der Waals surface area contributed by atoms with E-state index in [9.17, 15) is 4.79 Å². The molecule has 0 saturated carbocycles. The van der Waals surface area contributed by atoms with Crippen LogP contribution in [0.25, 0.3) is 0 Å². The number of hydrogen-bond donors (Lipinski definition) is 1. The predicted octanol–water partition coefficient (Wildman–Crippen LogP) is 1.51.